The van der Waals surface area contributed by atoms with Crippen LogP contribution in [0.2, 0.25) is 0 Å². The third-order valence-electron chi connectivity index (χ3n) is 2.79. The number of hydrogen-bond donors (Lipinski definition) is 1. The lowest BCUT2D eigenvalue weighted by Gasteiger charge is -2.29. The predicted molar refractivity (Wildman–Crippen MR) is 62.3 cm³/mol. The van der Waals surface area contributed by atoms with Crippen molar-refractivity contribution in [1.29, 1.82) is 0 Å². The first-order valence-electron chi connectivity index (χ1n) is 6.05. The summed E-state index contributed by atoms with van der Waals surface area (Å²) in [6.45, 7) is 5.08. The zero-order valence-electron chi connectivity index (χ0n) is 10.6. The van der Waals surface area contributed by atoms with Gasteiger partial charge in [-0.25, -0.2) is 0 Å². The van der Waals surface area contributed by atoms with Crippen molar-refractivity contribution < 1.29 is 22.0 Å². The average Bonchev–Trinajstić information content (AvgIpc) is 2.13. The van der Waals surface area contributed by atoms with Gasteiger partial charge in [0.15, 0.2) is 0 Å². The van der Waals surface area contributed by atoms with E-state index in [0.717, 1.165) is 17.3 Å². The summed E-state index contributed by atoms with van der Waals surface area (Å²) in [7, 11) is 4.59. The normalized spacial score (nSPS) is 11.2. The van der Waals surface area contributed by atoms with Gasteiger partial charge in [0, 0.05) is 6.61 Å². The Balaban J connectivity index is 0. The lowest BCUT2D eigenvalue weighted by Crippen LogP contribution is -3.00. The molecule has 0 bridgehead atoms. The minimum atomic E-state index is 0. The van der Waals surface area contributed by atoms with Crippen molar-refractivity contribution in [3.05, 3.63) is 0 Å². The van der Waals surface area contributed by atoms with Gasteiger partial charge in [-0.15, -0.1) is 0 Å². The Morgan fingerprint density at radius 3 is 1.87 bits per heavy atom. The van der Waals surface area contributed by atoms with Crippen molar-refractivity contribution in [2.75, 3.05) is 33.8 Å². The molecule has 0 aliphatic heterocycles. The lowest BCUT2D eigenvalue weighted by atomic mass is 10.2. The zero-order chi connectivity index (χ0) is 10.9. The average molecular weight is 238 g/mol. The minimum absolute atomic E-state index is 0. The molecular weight excluding hydrogens is 210 g/mol. The van der Waals surface area contributed by atoms with E-state index in [2.05, 4.69) is 21.0 Å². The van der Waals surface area contributed by atoms with Crippen LogP contribution in [0.5, 0.6) is 0 Å². The van der Waals surface area contributed by atoms with Crippen LogP contribution in [0.3, 0.4) is 0 Å². The molecule has 0 radical (unpaired) electrons. The summed E-state index contributed by atoms with van der Waals surface area (Å²) in [5, 5.41) is 8.70. The molecule has 1 N–H and O–H groups in total. The van der Waals surface area contributed by atoms with E-state index >= 15 is 0 Å². The van der Waals surface area contributed by atoms with Crippen LogP contribution < -0.4 is 12.4 Å². The first-order valence-corrected chi connectivity index (χ1v) is 6.05. The van der Waals surface area contributed by atoms with Crippen molar-refractivity contribution in [3.8, 4) is 0 Å². The SMILES string of the molecule is CCCCCC[N+](C)(C)CCCCO.[Cl-]. The second-order valence-electron chi connectivity index (χ2n) is 4.87. The molecule has 0 aliphatic carbocycles. The van der Waals surface area contributed by atoms with E-state index in [0.29, 0.717) is 6.61 Å². The molecule has 0 fully saturated rings. The van der Waals surface area contributed by atoms with Gasteiger partial charge >= 0.3 is 0 Å². The highest BCUT2D eigenvalue weighted by molar-refractivity contribution is 4.42. The number of hydrogen-bond acceptors (Lipinski definition) is 1. The Kier molecular flexibility index (Phi) is 12.6. The van der Waals surface area contributed by atoms with Crippen LogP contribution in [0.4, 0.5) is 0 Å². The molecule has 0 saturated heterocycles. The molecule has 0 spiro atoms. The molecule has 0 unspecified atom stereocenters. The Hall–Kier alpha value is 0.210. The molecule has 2 nitrogen and oxygen atoms in total. The van der Waals surface area contributed by atoms with E-state index in [1.165, 1.54) is 38.8 Å². The Morgan fingerprint density at radius 2 is 1.40 bits per heavy atom. The highest BCUT2D eigenvalue weighted by atomic mass is 35.5. The standard InChI is InChI=1S/C12H28NO.ClH/c1-4-5-6-7-10-13(2,3)11-8-9-12-14;/h14H,4-12H2,1-3H3;1H/q+1;/p-1. The third-order valence-corrected chi connectivity index (χ3v) is 2.79. The minimum Gasteiger partial charge on any atom is -1.00 e. The molecule has 0 rings (SSSR count). The van der Waals surface area contributed by atoms with E-state index in [1.807, 2.05) is 0 Å². The summed E-state index contributed by atoms with van der Waals surface area (Å²) in [6.07, 6.45) is 7.51. The van der Waals surface area contributed by atoms with Gasteiger partial charge < -0.3 is 22.0 Å². The maximum atomic E-state index is 8.70. The summed E-state index contributed by atoms with van der Waals surface area (Å²) in [4.78, 5) is 0. The number of rotatable bonds is 9. The van der Waals surface area contributed by atoms with Gasteiger partial charge in [0.2, 0.25) is 0 Å². The van der Waals surface area contributed by atoms with Gasteiger partial charge in [0.05, 0.1) is 27.2 Å². The Bertz CT molecular complexity index is 129. The van der Waals surface area contributed by atoms with E-state index < -0.39 is 0 Å². The lowest BCUT2D eigenvalue weighted by molar-refractivity contribution is -0.890. The second kappa shape index (κ2) is 10.7. The fourth-order valence-electron chi connectivity index (χ4n) is 1.73. The molecule has 94 valence electrons. The topological polar surface area (TPSA) is 20.2 Å². The highest BCUT2D eigenvalue weighted by Crippen LogP contribution is 2.07. The quantitative estimate of drug-likeness (QED) is 0.420. The summed E-state index contributed by atoms with van der Waals surface area (Å²) < 4.78 is 1.11. The Morgan fingerprint density at radius 1 is 0.867 bits per heavy atom. The predicted octanol–water partition coefficient (Wildman–Crippen LogP) is -0.580. The molecule has 0 aromatic carbocycles. The van der Waals surface area contributed by atoms with Gasteiger partial charge in [0.1, 0.15) is 0 Å². The van der Waals surface area contributed by atoms with Gasteiger partial charge in [-0.1, -0.05) is 19.8 Å². The van der Waals surface area contributed by atoms with E-state index in [-0.39, 0.29) is 12.4 Å². The van der Waals surface area contributed by atoms with Gasteiger partial charge in [-0.05, 0) is 25.7 Å². The van der Waals surface area contributed by atoms with Crippen molar-refractivity contribution in [1.82, 2.24) is 0 Å². The number of halogens is 1. The molecule has 15 heavy (non-hydrogen) atoms. The molecule has 0 heterocycles. The van der Waals surface area contributed by atoms with Crippen molar-refractivity contribution in [2.24, 2.45) is 0 Å². The van der Waals surface area contributed by atoms with Gasteiger partial charge in [0.25, 0.3) is 0 Å². The van der Waals surface area contributed by atoms with Gasteiger partial charge in [-0.3, -0.25) is 0 Å². The smallest absolute Gasteiger partial charge is 0.0783 e. The molecule has 0 atom stereocenters. The van der Waals surface area contributed by atoms with E-state index in [1.54, 1.807) is 0 Å². The first-order chi connectivity index (χ1) is 6.62. The van der Waals surface area contributed by atoms with Crippen LogP contribution >= 0.6 is 0 Å². The maximum absolute atomic E-state index is 8.70. The monoisotopic (exact) mass is 237 g/mol. The first kappa shape index (κ1) is 17.6. The molecule has 0 aliphatic rings. The number of aliphatic hydroxyl groups excluding tert-OH is 1. The molecular formula is C12H28ClNO. The maximum Gasteiger partial charge on any atom is 0.0783 e. The molecule has 0 aromatic rings. The third kappa shape index (κ3) is 12.1. The van der Waals surface area contributed by atoms with Crippen LogP contribution in [-0.2, 0) is 0 Å². The fourth-order valence-corrected chi connectivity index (χ4v) is 1.73. The number of unbranched alkanes of at least 4 members (excludes halogenated alkanes) is 4. The molecule has 3 heteroatoms. The summed E-state index contributed by atoms with van der Waals surface area (Å²) >= 11 is 0. The van der Waals surface area contributed by atoms with Crippen molar-refractivity contribution in [3.63, 3.8) is 0 Å². The molecule has 0 aromatic heterocycles. The van der Waals surface area contributed by atoms with Crippen LogP contribution in [0.15, 0.2) is 0 Å². The highest BCUT2D eigenvalue weighted by Gasteiger charge is 2.12. The summed E-state index contributed by atoms with van der Waals surface area (Å²) in [5.74, 6) is 0. The summed E-state index contributed by atoms with van der Waals surface area (Å²) in [6, 6.07) is 0. The Labute approximate surface area is 102 Å². The van der Waals surface area contributed by atoms with Crippen LogP contribution in [-0.4, -0.2) is 43.4 Å². The van der Waals surface area contributed by atoms with Gasteiger partial charge in [-0.2, -0.15) is 0 Å². The number of nitrogens with zero attached hydrogens (tertiary/aromatic N) is 1. The summed E-state index contributed by atoms with van der Waals surface area (Å²) in [5.41, 5.74) is 0. The number of aliphatic hydroxyl groups is 1. The van der Waals surface area contributed by atoms with Crippen molar-refractivity contribution >= 4 is 0 Å². The second-order valence-corrected chi connectivity index (χ2v) is 4.87. The van der Waals surface area contributed by atoms with Crippen LogP contribution in [0.1, 0.15) is 45.4 Å². The zero-order valence-corrected chi connectivity index (χ0v) is 11.4. The van der Waals surface area contributed by atoms with Crippen LogP contribution in [0, 0.1) is 0 Å². The largest absolute Gasteiger partial charge is 1.00 e. The van der Waals surface area contributed by atoms with E-state index in [9.17, 15) is 0 Å². The molecule has 0 saturated carbocycles. The van der Waals surface area contributed by atoms with Crippen LogP contribution in [0.25, 0.3) is 0 Å². The van der Waals surface area contributed by atoms with Crippen molar-refractivity contribution in [2.45, 2.75) is 45.4 Å². The molecule has 0 amide bonds. The number of quaternary nitrogens is 1. The van der Waals surface area contributed by atoms with E-state index in [4.69, 9.17) is 5.11 Å². The fraction of sp³-hybridized carbons (Fsp3) is 1.00.